The molecule has 2 fully saturated rings. The topological polar surface area (TPSA) is 45.6 Å². The normalized spacial score (nSPS) is 28.1. The Kier molecular flexibility index (Phi) is 5.46. The largest absolute Gasteiger partial charge is 0.487 e. The summed E-state index contributed by atoms with van der Waals surface area (Å²) >= 11 is 0. The standard InChI is InChI=1S/C23H30N2O2/c1-2-23(26)11-6-8-19-15-25(16-22(19)23)14-18-7-5-10-21(13-18)27-17-20-9-3-4-12-24-20/h3-5,7,9-10,12-13,19,22,26H,2,6,8,11,14-17H2,1H3/t19-,22+,23-/m0/s1. The first-order chi connectivity index (χ1) is 13.2. The van der Waals surface area contributed by atoms with Gasteiger partial charge in [0.25, 0.3) is 0 Å². The highest BCUT2D eigenvalue weighted by Crippen LogP contribution is 2.44. The van der Waals surface area contributed by atoms with E-state index in [1.807, 2.05) is 24.3 Å². The van der Waals surface area contributed by atoms with Gasteiger partial charge in [0, 0.05) is 31.7 Å². The van der Waals surface area contributed by atoms with E-state index >= 15 is 0 Å². The van der Waals surface area contributed by atoms with Crippen LogP contribution in [-0.4, -0.2) is 33.7 Å². The molecule has 0 radical (unpaired) electrons. The number of aliphatic hydroxyl groups is 1. The van der Waals surface area contributed by atoms with Crippen molar-refractivity contribution in [3.63, 3.8) is 0 Å². The van der Waals surface area contributed by atoms with E-state index in [0.717, 1.165) is 50.3 Å². The van der Waals surface area contributed by atoms with Crippen LogP contribution in [0.3, 0.4) is 0 Å². The minimum Gasteiger partial charge on any atom is -0.487 e. The van der Waals surface area contributed by atoms with Crippen molar-refractivity contribution in [2.45, 2.75) is 51.4 Å². The molecule has 1 N–H and O–H groups in total. The first-order valence-corrected chi connectivity index (χ1v) is 10.2. The molecule has 2 heterocycles. The van der Waals surface area contributed by atoms with Crippen LogP contribution in [0.2, 0.25) is 0 Å². The average Bonchev–Trinajstić information content (AvgIpc) is 3.12. The third-order valence-electron chi connectivity index (χ3n) is 6.42. The summed E-state index contributed by atoms with van der Waals surface area (Å²) in [7, 11) is 0. The quantitative estimate of drug-likeness (QED) is 0.838. The first kappa shape index (κ1) is 18.5. The van der Waals surface area contributed by atoms with Crippen molar-refractivity contribution in [2.75, 3.05) is 13.1 Å². The second kappa shape index (κ2) is 7.99. The molecule has 4 rings (SSSR count). The number of aromatic nitrogens is 1. The van der Waals surface area contributed by atoms with Gasteiger partial charge in [0.05, 0.1) is 11.3 Å². The Bertz CT molecular complexity index is 751. The smallest absolute Gasteiger partial charge is 0.130 e. The zero-order valence-electron chi connectivity index (χ0n) is 16.2. The summed E-state index contributed by atoms with van der Waals surface area (Å²) in [5, 5.41) is 11.0. The summed E-state index contributed by atoms with van der Waals surface area (Å²) in [6.45, 7) is 5.66. The molecule has 4 heteroatoms. The highest BCUT2D eigenvalue weighted by Gasteiger charge is 2.47. The van der Waals surface area contributed by atoms with Gasteiger partial charge in [-0.2, -0.15) is 0 Å². The number of pyridine rings is 1. The molecule has 27 heavy (non-hydrogen) atoms. The van der Waals surface area contributed by atoms with Gasteiger partial charge >= 0.3 is 0 Å². The lowest BCUT2D eigenvalue weighted by Gasteiger charge is -2.40. The van der Waals surface area contributed by atoms with E-state index in [2.05, 4.69) is 35.0 Å². The van der Waals surface area contributed by atoms with E-state index in [4.69, 9.17) is 4.74 Å². The Morgan fingerprint density at radius 2 is 2.15 bits per heavy atom. The average molecular weight is 367 g/mol. The summed E-state index contributed by atoms with van der Waals surface area (Å²) in [5.41, 5.74) is 1.75. The predicted octanol–water partition coefficient (Wildman–Crippen LogP) is 4.03. The van der Waals surface area contributed by atoms with Crippen LogP contribution in [0.25, 0.3) is 0 Å². The molecule has 1 saturated carbocycles. The summed E-state index contributed by atoms with van der Waals surface area (Å²) in [6, 6.07) is 14.2. The van der Waals surface area contributed by atoms with Crippen LogP contribution in [0.15, 0.2) is 48.7 Å². The molecule has 2 aromatic rings. The van der Waals surface area contributed by atoms with Crippen molar-refractivity contribution in [1.82, 2.24) is 9.88 Å². The van der Waals surface area contributed by atoms with Crippen LogP contribution in [0.5, 0.6) is 5.75 Å². The fourth-order valence-corrected chi connectivity index (χ4v) is 4.92. The van der Waals surface area contributed by atoms with Crippen LogP contribution in [0, 0.1) is 11.8 Å². The van der Waals surface area contributed by atoms with Crippen molar-refractivity contribution in [1.29, 1.82) is 0 Å². The number of hydrogen-bond donors (Lipinski definition) is 1. The molecule has 1 aliphatic carbocycles. The molecule has 3 atom stereocenters. The zero-order chi connectivity index (χ0) is 18.7. The van der Waals surface area contributed by atoms with Crippen molar-refractivity contribution in [3.05, 3.63) is 59.9 Å². The number of nitrogens with zero attached hydrogens (tertiary/aromatic N) is 2. The number of hydrogen-bond acceptors (Lipinski definition) is 4. The molecule has 1 aliphatic heterocycles. The number of likely N-dealkylation sites (tertiary alicyclic amines) is 1. The number of rotatable bonds is 6. The lowest BCUT2D eigenvalue weighted by molar-refractivity contribution is -0.0613. The molecular formula is C23H30N2O2. The van der Waals surface area contributed by atoms with Gasteiger partial charge in [0.2, 0.25) is 0 Å². The fourth-order valence-electron chi connectivity index (χ4n) is 4.92. The first-order valence-electron chi connectivity index (χ1n) is 10.2. The Morgan fingerprint density at radius 1 is 1.22 bits per heavy atom. The molecule has 144 valence electrons. The Labute approximate surface area is 162 Å². The fraction of sp³-hybridized carbons (Fsp3) is 0.522. The molecule has 0 spiro atoms. The Balaban J connectivity index is 1.37. The van der Waals surface area contributed by atoms with E-state index < -0.39 is 5.60 Å². The SMILES string of the molecule is CC[C@]1(O)CCC[C@H]2CN(Cc3cccc(OCc4ccccn4)c3)C[C@H]21. The Morgan fingerprint density at radius 3 is 2.96 bits per heavy atom. The van der Waals surface area contributed by atoms with Gasteiger partial charge in [-0.1, -0.05) is 31.5 Å². The van der Waals surface area contributed by atoms with Crippen LogP contribution < -0.4 is 4.74 Å². The van der Waals surface area contributed by atoms with Gasteiger partial charge in [-0.25, -0.2) is 0 Å². The maximum absolute atomic E-state index is 11.0. The van der Waals surface area contributed by atoms with Crippen molar-refractivity contribution >= 4 is 0 Å². The van der Waals surface area contributed by atoms with Gasteiger partial charge in [-0.15, -0.1) is 0 Å². The second-order valence-corrected chi connectivity index (χ2v) is 8.17. The predicted molar refractivity (Wildman–Crippen MR) is 106 cm³/mol. The van der Waals surface area contributed by atoms with E-state index in [1.54, 1.807) is 6.20 Å². The molecule has 0 bridgehead atoms. The summed E-state index contributed by atoms with van der Waals surface area (Å²) < 4.78 is 5.92. The molecule has 1 aromatic carbocycles. The molecule has 0 amide bonds. The van der Waals surface area contributed by atoms with Crippen molar-refractivity contribution < 1.29 is 9.84 Å². The lowest BCUT2D eigenvalue weighted by atomic mass is 9.69. The monoisotopic (exact) mass is 366 g/mol. The highest BCUT2D eigenvalue weighted by molar-refractivity contribution is 5.29. The van der Waals surface area contributed by atoms with Gasteiger partial charge in [-0.05, 0) is 55.0 Å². The van der Waals surface area contributed by atoms with E-state index in [0.29, 0.717) is 18.4 Å². The summed E-state index contributed by atoms with van der Waals surface area (Å²) in [6.07, 6.45) is 6.06. The lowest BCUT2D eigenvalue weighted by Crippen LogP contribution is -2.44. The number of fused-ring (bicyclic) bond motifs is 1. The van der Waals surface area contributed by atoms with Gasteiger partial charge in [0.1, 0.15) is 12.4 Å². The van der Waals surface area contributed by atoms with Crippen LogP contribution in [-0.2, 0) is 13.2 Å². The van der Waals surface area contributed by atoms with E-state index in [1.165, 1.54) is 12.0 Å². The maximum atomic E-state index is 11.0. The second-order valence-electron chi connectivity index (χ2n) is 8.17. The van der Waals surface area contributed by atoms with Crippen LogP contribution >= 0.6 is 0 Å². The Hall–Kier alpha value is -1.91. The number of ether oxygens (including phenoxy) is 1. The van der Waals surface area contributed by atoms with E-state index in [-0.39, 0.29) is 0 Å². The molecule has 1 saturated heterocycles. The third kappa shape index (κ3) is 4.17. The van der Waals surface area contributed by atoms with Crippen LogP contribution in [0.1, 0.15) is 43.9 Å². The van der Waals surface area contributed by atoms with Crippen LogP contribution in [0.4, 0.5) is 0 Å². The van der Waals surface area contributed by atoms with Crippen molar-refractivity contribution in [3.8, 4) is 5.75 Å². The summed E-state index contributed by atoms with van der Waals surface area (Å²) in [5.74, 6) is 1.96. The van der Waals surface area contributed by atoms with Gasteiger partial charge in [0.15, 0.2) is 0 Å². The molecular weight excluding hydrogens is 336 g/mol. The number of benzene rings is 1. The van der Waals surface area contributed by atoms with E-state index in [9.17, 15) is 5.11 Å². The minimum atomic E-state index is -0.453. The third-order valence-corrected chi connectivity index (χ3v) is 6.42. The van der Waals surface area contributed by atoms with Crippen molar-refractivity contribution in [2.24, 2.45) is 11.8 Å². The minimum absolute atomic E-state index is 0.430. The van der Waals surface area contributed by atoms with Gasteiger partial charge < -0.3 is 9.84 Å². The molecule has 2 aliphatic rings. The maximum Gasteiger partial charge on any atom is 0.130 e. The molecule has 0 unspecified atom stereocenters. The molecule has 1 aromatic heterocycles. The summed E-state index contributed by atoms with van der Waals surface area (Å²) in [4.78, 5) is 6.82. The highest BCUT2D eigenvalue weighted by atomic mass is 16.5. The zero-order valence-corrected chi connectivity index (χ0v) is 16.2. The molecule has 4 nitrogen and oxygen atoms in total. The van der Waals surface area contributed by atoms with Gasteiger partial charge in [-0.3, -0.25) is 9.88 Å².